The number of rotatable bonds is 42. The molecule has 2 heterocycles. The average Bonchev–Trinajstić information content (AvgIpc) is 4.04. The van der Waals surface area contributed by atoms with E-state index in [2.05, 4.69) is 57.5 Å². The number of ether oxygens (including phenoxy) is 4. The van der Waals surface area contributed by atoms with Gasteiger partial charge in [-0.1, -0.05) is 68.8 Å². The fourth-order valence-electron chi connectivity index (χ4n) is 7.54. The van der Waals surface area contributed by atoms with Gasteiger partial charge >= 0.3 is 0 Å². The van der Waals surface area contributed by atoms with Gasteiger partial charge in [0.15, 0.2) is 5.78 Å². The number of ketones is 1. The van der Waals surface area contributed by atoms with Crippen LogP contribution in [-0.4, -0.2) is 181 Å². The number of nitro groups is 1. The molecular formula is C54H80N12O15S2. The predicted molar refractivity (Wildman–Crippen MR) is 308 cm³/mol. The van der Waals surface area contributed by atoms with Crippen molar-refractivity contribution in [1.82, 2.24) is 57.5 Å². The summed E-state index contributed by atoms with van der Waals surface area (Å²) in [7, 11) is 2.48. The normalized spacial score (nSPS) is 13.3. The SMILES string of the molecule is CC(=O)N[C@@H](CSSc1ccc([N+](=O)[O-])cn1)C(=O)NCCOCCOCCOCCOCCC(=O)NCC(=O)N[C@@H](CC(C)C)C(=O)N[C@@H](Cc1ccccc1)C(=O)N[C@@H](Cc1cnc[nH]1)C(=O)N[C@@H](C)C(=O)N[C@@H](CC(C)C)C(C)=O. The smallest absolute Gasteiger partial charge is 0.287 e. The lowest BCUT2D eigenvalue weighted by atomic mass is 10.0. The molecule has 29 heteroatoms. The van der Waals surface area contributed by atoms with E-state index >= 15 is 0 Å². The molecule has 6 atom stereocenters. The van der Waals surface area contributed by atoms with Crippen molar-refractivity contribution in [2.24, 2.45) is 11.8 Å². The number of aromatic amines is 1. The minimum atomic E-state index is -1.25. The van der Waals surface area contributed by atoms with Crippen molar-refractivity contribution in [2.75, 3.05) is 71.7 Å². The summed E-state index contributed by atoms with van der Waals surface area (Å²) in [6.07, 6.45) is 4.50. The zero-order valence-electron chi connectivity index (χ0n) is 48.0. The molecule has 0 bridgehead atoms. The molecule has 0 aliphatic carbocycles. The number of benzene rings is 1. The zero-order chi connectivity index (χ0) is 61.1. The molecule has 8 amide bonds. The standard InChI is InChI=1S/C54H80N12O15S2/c1-34(2)25-42(37(6)67)63-50(71)36(5)60-52(73)45(28-40-29-55-33-59-40)65-54(75)44(27-39-11-9-8-10-12-39)64-53(74)43(26-35(3)4)62-48(70)31-57-47(69)15-17-78-19-21-80-23-24-81-22-20-79-18-16-56-51(72)46(61-38(7)68)32-82-83-49-14-13-41(30-58-49)66(76)77/h8-14,29-30,33-36,42-46H,15-28,31-32H2,1-7H3,(H,55,59)(H,56,72)(H,57,69)(H,60,73)(H,61,68)(H,62,70)(H,63,71)(H,64,74)(H,65,75)/t36-,42-,43-,44-,45-,46-/m0/s1. The van der Waals surface area contributed by atoms with Crippen LogP contribution in [-0.2, 0) is 74.9 Å². The molecule has 9 N–H and O–H groups in total. The van der Waals surface area contributed by atoms with Crippen molar-refractivity contribution < 1.29 is 67.0 Å². The second kappa shape index (κ2) is 39.4. The molecule has 458 valence electrons. The van der Waals surface area contributed by atoms with Crippen molar-refractivity contribution >= 4 is 80.3 Å². The Morgan fingerprint density at radius 3 is 1.75 bits per heavy atom. The van der Waals surface area contributed by atoms with Crippen LogP contribution >= 0.6 is 21.6 Å². The van der Waals surface area contributed by atoms with E-state index in [0.29, 0.717) is 22.7 Å². The molecule has 0 fully saturated rings. The van der Waals surface area contributed by atoms with Gasteiger partial charge in [-0.15, -0.1) is 0 Å². The van der Waals surface area contributed by atoms with Gasteiger partial charge < -0.3 is 66.5 Å². The molecular weight excluding hydrogens is 1120 g/mol. The molecule has 0 aliphatic heterocycles. The van der Waals surface area contributed by atoms with Crippen LogP contribution in [0, 0.1) is 22.0 Å². The Bertz CT molecular complexity index is 2510. The second-order valence-corrected chi connectivity index (χ2v) is 22.2. The van der Waals surface area contributed by atoms with Crippen LogP contribution < -0.4 is 42.5 Å². The minimum Gasteiger partial charge on any atom is -0.379 e. The summed E-state index contributed by atoms with van der Waals surface area (Å²) < 4.78 is 22.0. The Balaban J connectivity index is 1.37. The van der Waals surface area contributed by atoms with Crippen LogP contribution in [0.25, 0.3) is 0 Å². The van der Waals surface area contributed by atoms with Gasteiger partial charge in [-0.2, -0.15) is 0 Å². The first kappa shape index (κ1) is 70.2. The highest BCUT2D eigenvalue weighted by Gasteiger charge is 2.32. The van der Waals surface area contributed by atoms with Gasteiger partial charge in [0.25, 0.3) is 5.69 Å². The third-order valence-corrected chi connectivity index (χ3v) is 14.0. The van der Waals surface area contributed by atoms with Crippen LogP contribution in [0.15, 0.2) is 66.2 Å². The zero-order valence-corrected chi connectivity index (χ0v) is 49.6. The van der Waals surface area contributed by atoms with E-state index in [4.69, 9.17) is 18.9 Å². The van der Waals surface area contributed by atoms with Crippen LogP contribution in [0.5, 0.6) is 0 Å². The van der Waals surface area contributed by atoms with Gasteiger partial charge in [0.2, 0.25) is 47.3 Å². The van der Waals surface area contributed by atoms with Crippen molar-refractivity contribution in [1.29, 1.82) is 0 Å². The van der Waals surface area contributed by atoms with Crippen molar-refractivity contribution in [3.8, 4) is 0 Å². The number of nitrogens with zero attached hydrogens (tertiary/aromatic N) is 3. The quantitative estimate of drug-likeness (QED) is 0.0167. The lowest BCUT2D eigenvalue weighted by Crippen LogP contribution is -2.59. The van der Waals surface area contributed by atoms with E-state index in [1.807, 2.05) is 27.7 Å². The number of hydrogen-bond donors (Lipinski definition) is 9. The number of aromatic nitrogens is 3. The van der Waals surface area contributed by atoms with Gasteiger partial charge in [0, 0.05) is 56.4 Å². The monoisotopic (exact) mass is 1200 g/mol. The first-order valence-corrected chi connectivity index (χ1v) is 29.5. The molecule has 3 rings (SSSR count). The van der Waals surface area contributed by atoms with E-state index in [0.717, 1.165) is 6.20 Å². The highest BCUT2D eigenvalue weighted by molar-refractivity contribution is 8.76. The van der Waals surface area contributed by atoms with Crippen molar-refractivity contribution in [3.05, 3.63) is 82.6 Å². The maximum atomic E-state index is 14.2. The summed E-state index contributed by atoms with van der Waals surface area (Å²) in [5.41, 5.74) is 1.04. The molecule has 0 aliphatic rings. The summed E-state index contributed by atoms with van der Waals surface area (Å²) in [6, 6.07) is 5.43. The highest BCUT2D eigenvalue weighted by Crippen LogP contribution is 2.30. The Labute approximate surface area is 490 Å². The summed E-state index contributed by atoms with van der Waals surface area (Å²) in [5, 5.41) is 32.7. The molecule has 3 aromatic rings. The predicted octanol–water partition coefficient (Wildman–Crippen LogP) is 1.26. The molecule has 2 aromatic heterocycles. The minimum absolute atomic E-state index is 0.00631. The maximum absolute atomic E-state index is 14.2. The van der Waals surface area contributed by atoms with Crippen molar-refractivity contribution in [2.45, 2.75) is 122 Å². The molecule has 0 spiro atoms. The first-order chi connectivity index (χ1) is 39.6. The van der Waals surface area contributed by atoms with Gasteiger partial charge in [-0.05, 0) is 60.9 Å². The largest absolute Gasteiger partial charge is 0.379 e. The lowest BCUT2D eigenvalue weighted by molar-refractivity contribution is -0.385. The topological polar surface area (TPSA) is 371 Å². The van der Waals surface area contributed by atoms with Crippen molar-refractivity contribution in [3.63, 3.8) is 0 Å². The number of pyridine rings is 1. The molecule has 0 radical (unpaired) electrons. The van der Waals surface area contributed by atoms with E-state index < -0.39 is 89.1 Å². The average molecular weight is 1200 g/mol. The summed E-state index contributed by atoms with van der Waals surface area (Å²) >= 11 is 0. The van der Waals surface area contributed by atoms with Gasteiger partial charge in [0.1, 0.15) is 41.4 Å². The lowest BCUT2D eigenvalue weighted by Gasteiger charge is -2.27. The Morgan fingerprint density at radius 2 is 1.18 bits per heavy atom. The number of carbonyl (C=O) groups is 9. The fraction of sp³-hybridized carbons (Fsp3) is 0.574. The molecule has 1 aromatic carbocycles. The van der Waals surface area contributed by atoms with E-state index in [-0.39, 0.29) is 120 Å². The third kappa shape index (κ3) is 30.2. The Morgan fingerprint density at radius 1 is 0.602 bits per heavy atom. The first-order valence-electron chi connectivity index (χ1n) is 27.2. The Kier molecular flexibility index (Phi) is 33.4. The van der Waals surface area contributed by atoms with Crippen LogP contribution in [0.3, 0.4) is 0 Å². The third-order valence-electron chi connectivity index (χ3n) is 11.7. The highest BCUT2D eigenvalue weighted by atomic mass is 33.1. The Hall–Kier alpha value is -7.05. The number of hydrogen-bond acceptors (Lipinski definition) is 19. The summed E-state index contributed by atoms with van der Waals surface area (Å²) in [5.74, 6) is -4.58. The molecule has 27 nitrogen and oxygen atoms in total. The summed E-state index contributed by atoms with van der Waals surface area (Å²) in [6.45, 7) is 13.2. The fourth-order valence-corrected chi connectivity index (χ4v) is 9.58. The van der Waals surface area contributed by atoms with E-state index in [1.165, 1.54) is 67.0 Å². The number of imidazole rings is 1. The van der Waals surface area contributed by atoms with Gasteiger partial charge in [-0.3, -0.25) is 53.3 Å². The van der Waals surface area contributed by atoms with Crippen LogP contribution in [0.2, 0.25) is 0 Å². The molecule has 0 unspecified atom stereocenters. The number of Topliss-reactive ketones (excluding diaryl/α,β-unsaturated/α-hetero) is 1. The van der Waals surface area contributed by atoms with Gasteiger partial charge in [-0.25, -0.2) is 9.97 Å². The number of carbonyl (C=O) groups excluding carboxylic acids is 9. The molecule has 0 saturated heterocycles. The molecule has 83 heavy (non-hydrogen) atoms. The second-order valence-electron chi connectivity index (χ2n) is 19.9. The number of amides is 8. The summed E-state index contributed by atoms with van der Waals surface area (Å²) in [4.78, 5) is 139. The number of H-pyrrole nitrogens is 1. The maximum Gasteiger partial charge on any atom is 0.287 e. The van der Waals surface area contributed by atoms with E-state index in [1.54, 1.807) is 30.3 Å². The van der Waals surface area contributed by atoms with E-state index in [9.17, 15) is 53.3 Å². The molecule has 0 saturated carbocycles. The van der Waals surface area contributed by atoms with Crippen LogP contribution in [0.1, 0.15) is 79.0 Å². The van der Waals surface area contributed by atoms with Crippen LogP contribution in [0.4, 0.5) is 5.69 Å². The number of nitrogens with one attached hydrogen (secondary N) is 9. The van der Waals surface area contributed by atoms with Gasteiger partial charge in [0.05, 0.1) is 76.7 Å².